The number of ether oxygens (including phenoxy) is 1. The zero-order valence-corrected chi connectivity index (χ0v) is 12.8. The zero-order chi connectivity index (χ0) is 16.1. The average molecular weight is 323 g/mol. The summed E-state index contributed by atoms with van der Waals surface area (Å²) in [6.45, 7) is 2.21. The second-order valence-corrected chi connectivity index (χ2v) is 5.10. The second-order valence-electron chi connectivity index (χ2n) is 4.26. The molecule has 8 heteroatoms. The summed E-state index contributed by atoms with van der Waals surface area (Å²) in [5, 5.41) is 4.37. The van der Waals surface area contributed by atoms with E-state index in [4.69, 9.17) is 4.74 Å². The molecule has 2 aromatic rings. The van der Waals surface area contributed by atoms with Crippen LogP contribution < -0.4 is 15.0 Å². The van der Waals surface area contributed by atoms with Crippen molar-refractivity contribution in [2.24, 2.45) is 0 Å². The van der Waals surface area contributed by atoms with Gasteiger partial charge in [0.2, 0.25) is 5.88 Å². The van der Waals surface area contributed by atoms with E-state index in [9.17, 15) is 14.0 Å². The SMILES string of the molecule is CCNC(=O)Oc1csc(N(C)C(=O)c2ccc(F)cc2)n1. The fourth-order valence-corrected chi connectivity index (χ4v) is 2.29. The van der Waals surface area contributed by atoms with Crippen molar-refractivity contribution in [2.45, 2.75) is 6.92 Å². The lowest BCUT2D eigenvalue weighted by atomic mass is 10.2. The molecule has 0 fully saturated rings. The van der Waals surface area contributed by atoms with Gasteiger partial charge in [0.05, 0.1) is 5.38 Å². The number of benzene rings is 1. The maximum Gasteiger partial charge on any atom is 0.413 e. The fourth-order valence-electron chi connectivity index (χ4n) is 1.60. The van der Waals surface area contributed by atoms with Crippen molar-refractivity contribution in [3.05, 3.63) is 41.0 Å². The fraction of sp³-hybridized carbons (Fsp3) is 0.214. The first-order valence-corrected chi connectivity index (χ1v) is 7.34. The highest BCUT2D eigenvalue weighted by molar-refractivity contribution is 7.14. The number of carbonyl (C=O) groups is 2. The van der Waals surface area contributed by atoms with Crippen LogP contribution in [-0.4, -0.2) is 30.6 Å². The van der Waals surface area contributed by atoms with E-state index in [1.165, 1.54) is 34.5 Å². The summed E-state index contributed by atoms with van der Waals surface area (Å²) in [6.07, 6.45) is -0.605. The molecular formula is C14H14FN3O3S. The Hall–Kier alpha value is -2.48. The molecule has 1 N–H and O–H groups in total. The Kier molecular flexibility index (Phi) is 5.05. The number of hydrogen-bond acceptors (Lipinski definition) is 5. The molecule has 0 radical (unpaired) electrons. The standard InChI is InChI=1S/C14H14FN3O3S/c1-3-16-14(20)21-11-8-22-13(17-11)18(2)12(19)9-4-6-10(15)7-5-9/h4-8H,3H2,1-2H3,(H,16,20). The minimum absolute atomic E-state index is 0.115. The summed E-state index contributed by atoms with van der Waals surface area (Å²) in [6, 6.07) is 5.22. The largest absolute Gasteiger partial charge is 0.413 e. The topological polar surface area (TPSA) is 71.5 Å². The van der Waals surface area contributed by atoms with Gasteiger partial charge in [-0.3, -0.25) is 9.69 Å². The molecule has 2 rings (SSSR count). The highest BCUT2D eigenvalue weighted by atomic mass is 32.1. The Balaban J connectivity index is 2.08. The van der Waals surface area contributed by atoms with Crippen LogP contribution in [0.5, 0.6) is 5.88 Å². The summed E-state index contributed by atoms with van der Waals surface area (Å²) in [5.41, 5.74) is 0.338. The molecule has 1 aromatic heterocycles. The zero-order valence-electron chi connectivity index (χ0n) is 12.0. The van der Waals surface area contributed by atoms with Crippen molar-refractivity contribution in [3.8, 4) is 5.88 Å². The molecule has 0 atom stereocenters. The Morgan fingerprint density at radius 1 is 1.36 bits per heavy atom. The van der Waals surface area contributed by atoms with Crippen molar-refractivity contribution < 1.29 is 18.7 Å². The van der Waals surface area contributed by atoms with Crippen LogP contribution in [-0.2, 0) is 0 Å². The first-order valence-electron chi connectivity index (χ1n) is 6.46. The van der Waals surface area contributed by atoms with Gasteiger partial charge in [-0.15, -0.1) is 11.3 Å². The normalized spacial score (nSPS) is 10.1. The van der Waals surface area contributed by atoms with Crippen LogP contribution in [0.4, 0.5) is 14.3 Å². The third-order valence-corrected chi connectivity index (χ3v) is 3.57. The second kappa shape index (κ2) is 6.99. The van der Waals surface area contributed by atoms with Crippen LogP contribution >= 0.6 is 11.3 Å². The summed E-state index contributed by atoms with van der Waals surface area (Å²) in [5.74, 6) is -0.630. The quantitative estimate of drug-likeness (QED) is 0.939. The van der Waals surface area contributed by atoms with Crippen molar-refractivity contribution in [1.29, 1.82) is 0 Å². The number of halogens is 1. The van der Waals surface area contributed by atoms with E-state index in [0.29, 0.717) is 17.2 Å². The molecule has 0 aliphatic rings. The smallest absolute Gasteiger partial charge is 0.390 e. The van der Waals surface area contributed by atoms with Crippen LogP contribution in [0.1, 0.15) is 17.3 Å². The molecule has 22 heavy (non-hydrogen) atoms. The van der Waals surface area contributed by atoms with Crippen LogP contribution in [0.3, 0.4) is 0 Å². The monoisotopic (exact) mass is 323 g/mol. The number of thiazole rings is 1. The third kappa shape index (κ3) is 3.79. The molecule has 2 amide bonds. The lowest BCUT2D eigenvalue weighted by molar-refractivity contribution is 0.0993. The lowest BCUT2D eigenvalue weighted by Gasteiger charge is -2.13. The van der Waals surface area contributed by atoms with Crippen LogP contribution in [0.2, 0.25) is 0 Å². The highest BCUT2D eigenvalue weighted by Crippen LogP contribution is 2.25. The maximum atomic E-state index is 12.9. The molecule has 0 spiro atoms. The summed E-state index contributed by atoms with van der Waals surface area (Å²) in [7, 11) is 1.54. The van der Waals surface area contributed by atoms with Gasteiger partial charge < -0.3 is 10.1 Å². The van der Waals surface area contributed by atoms with Gasteiger partial charge in [0, 0.05) is 19.2 Å². The van der Waals surface area contributed by atoms with E-state index in [1.54, 1.807) is 14.0 Å². The minimum Gasteiger partial charge on any atom is -0.390 e. The van der Waals surface area contributed by atoms with E-state index in [-0.39, 0.29) is 11.8 Å². The Labute approximate surface area is 130 Å². The number of nitrogens with one attached hydrogen (secondary N) is 1. The van der Waals surface area contributed by atoms with Crippen molar-refractivity contribution >= 4 is 28.5 Å². The van der Waals surface area contributed by atoms with Gasteiger partial charge in [-0.2, -0.15) is 4.98 Å². The van der Waals surface area contributed by atoms with Crippen molar-refractivity contribution in [3.63, 3.8) is 0 Å². The van der Waals surface area contributed by atoms with Crippen molar-refractivity contribution in [1.82, 2.24) is 10.3 Å². The molecular weight excluding hydrogens is 309 g/mol. The number of hydrogen-bond donors (Lipinski definition) is 1. The van der Waals surface area contributed by atoms with E-state index < -0.39 is 11.9 Å². The molecule has 0 saturated carbocycles. The van der Waals surface area contributed by atoms with Crippen LogP contribution in [0.15, 0.2) is 29.6 Å². The summed E-state index contributed by atoms with van der Waals surface area (Å²) < 4.78 is 17.8. The van der Waals surface area contributed by atoms with E-state index in [0.717, 1.165) is 11.3 Å². The highest BCUT2D eigenvalue weighted by Gasteiger charge is 2.17. The van der Waals surface area contributed by atoms with Gasteiger partial charge >= 0.3 is 6.09 Å². The van der Waals surface area contributed by atoms with Crippen LogP contribution in [0.25, 0.3) is 0 Å². The first kappa shape index (κ1) is 15.9. The molecule has 1 heterocycles. The van der Waals surface area contributed by atoms with Crippen molar-refractivity contribution in [2.75, 3.05) is 18.5 Å². The predicted molar refractivity (Wildman–Crippen MR) is 80.9 cm³/mol. The minimum atomic E-state index is -0.605. The molecule has 0 unspecified atom stereocenters. The number of carbonyl (C=O) groups excluding carboxylic acids is 2. The molecule has 116 valence electrons. The van der Waals surface area contributed by atoms with E-state index >= 15 is 0 Å². The Morgan fingerprint density at radius 3 is 2.68 bits per heavy atom. The number of amides is 2. The van der Waals surface area contributed by atoms with Crippen LogP contribution in [0, 0.1) is 5.82 Å². The molecule has 1 aromatic carbocycles. The Bertz CT molecular complexity index is 672. The lowest BCUT2D eigenvalue weighted by Crippen LogP contribution is -2.27. The van der Waals surface area contributed by atoms with Gasteiger partial charge in [0.1, 0.15) is 5.82 Å². The first-order chi connectivity index (χ1) is 10.5. The molecule has 0 aliphatic heterocycles. The predicted octanol–water partition coefficient (Wildman–Crippen LogP) is 2.67. The summed E-state index contributed by atoms with van der Waals surface area (Å²) >= 11 is 1.16. The summed E-state index contributed by atoms with van der Waals surface area (Å²) in [4.78, 5) is 28.9. The molecule has 6 nitrogen and oxygen atoms in total. The molecule has 0 bridgehead atoms. The Morgan fingerprint density at radius 2 is 2.05 bits per heavy atom. The number of aromatic nitrogens is 1. The van der Waals surface area contributed by atoms with Gasteiger partial charge in [-0.1, -0.05) is 0 Å². The van der Waals surface area contributed by atoms with Gasteiger partial charge in [0.25, 0.3) is 5.91 Å². The van der Waals surface area contributed by atoms with Gasteiger partial charge in [-0.05, 0) is 31.2 Å². The van der Waals surface area contributed by atoms with Gasteiger partial charge in [0.15, 0.2) is 5.13 Å². The molecule has 0 aliphatic carbocycles. The van der Waals surface area contributed by atoms with E-state index in [2.05, 4.69) is 10.3 Å². The number of anilines is 1. The number of rotatable bonds is 4. The maximum absolute atomic E-state index is 12.9. The molecule has 0 saturated heterocycles. The number of nitrogens with zero attached hydrogens (tertiary/aromatic N) is 2. The average Bonchev–Trinajstić information content (AvgIpc) is 2.95. The third-order valence-electron chi connectivity index (χ3n) is 2.67. The van der Waals surface area contributed by atoms with Gasteiger partial charge in [-0.25, -0.2) is 9.18 Å². The van der Waals surface area contributed by atoms with E-state index in [1.807, 2.05) is 0 Å².